The van der Waals surface area contributed by atoms with Crippen LogP contribution in [0.3, 0.4) is 0 Å². The van der Waals surface area contributed by atoms with Crippen LogP contribution >= 0.6 is 0 Å². The molecule has 120 valence electrons. The van der Waals surface area contributed by atoms with E-state index in [1.807, 2.05) is 12.3 Å². The highest BCUT2D eigenvalue weighted by Gasteiger charge is 2.50. The maximum Gasteiger partial charge on any atom is 0.223 e. The molecule has 1 aromatic rings. The van der Waals surface area contributed by atoms with Gasteiger partial charge in [-0.15, -0.1) is 0 Å². The summed E-state index contributed by atoms with van der Waals surface area (Å²) in [6, 6.07) is 2.02. The van der Waals surface area contributed by atoms with Crippen LogP contribution in [0.5, 0.6) is 0 Å². The first-order valence-electron chi connectivity index (χ1n) is 8.34. The van der Waals surface area contributed by atoms with Crippen molar-refractivity contribution >= 4 is 5.91 Å². The molecular formula is C17H24N2O3. The van der Waals surface area contributed by atoms with Crippen LogP contribution < -0.4 is 5.32 Å². The van der Waals surface area contributed by atoms with Gasteiger partial charge in [0.05, 0.1) is 25.7 Å². The molecule has 0 aromatic carbocycles. The number of fused-ring (bicyclic) bond motifs is 1. The molecule has 1 aromatic heterocycles. The number of furan rings is 1. The van der Waals surface area contributed by atoms with E-state index < -0.39 is 0 Å². The summed E-state index contributed by atoms with van der Waals surface area (Å²) in [4.78, 5) is 14.6. The van der Waals surface area contributed by atoms with Crippen molar-refractivity contribution in [2.45, 2.75) is 25.8 Å². The summed E-state index contributed by atoms with van der Waals surface area (Å²) in [5.74, 6) is 1.04. The molecule has 3 fully saturated rings. The molecule has 4 rings (SSSR count). The molecule has 0 spiro atoms. The summed E-state index contributed by atoms with van der Waals surface area (Å²) >= 11 is 0. The maximum atomic E-state index is 12.1. The lowest BCUT2D eigenvalue weighted by atomic mass is 9.80. The number of carbonyl (C=O) groups is 1. The van der Waals surface area contributed by atoms with Crippen LogP contribution in [0, 0.1) is 17.3 Å². The Morgan fingerprint density at radius 2 is 2.36 bits per heavy atom. The summed E-state index contributed by atoms with van der Waals surface area (Å²) in [7, 11) is 0. The van der Waals surface area contributed by atoms with Crippen LogP contribution in [-0.2, 0) is 16.1 Å². The van der Waals surface area contributed by atoms with Crippen molar-refractivity contribution in [3.63, 3.8) is 0 Å². The number of carbonyl (C=O) groups excluding carboxylic acids is 1. The summed E-state index contributed by atoms with van der Waals surface area (Å²) in [5.41, 5.74) is 1.32. The highest BCUT2D eigenvalue weighted by molar-refractivity contribution is 5.79. The van der Waals surface area contributed by atoms with Crippen molar-refractivity contribution in [3.8, 4) is 0 Å². The molecule has 2 atom stereocenters. The zero-order valence-electron chi connectivity index (χ0n) is 12.9. The molecule has 3 heterocycles. The van der Waals surface area contributed by atoms with Crippen molar-refractivity contribution in [3.05, 3.63) is 24.2 Å². The largest absolute Gasteiger partial charge is 0.472 e. The Bertz CT molecular complexity index is 526. The van der Waals surface area contributed by atoms with Crippen molar-refractivity contribution < 1.29 is 13.9 Å². The summed E-state index contributed by atoms with van der Waals surface area (Å²) in [6.45, 7) is 5.31. The van der Waals surface area contributed by atoms with E-state index in [1.54, 1.807) is 6.26 Å². The van der Waals surface area contributed by atoms with E-state index in [2.05, 4.69) is 10.2 Å². The molecular weight excluding hydrogens is 280 g/mol. The van der Waals surface area contributed by atoms with Gasteiger partial charge in [-0.25, -0.2) is 0 Å². The van der Waals surface area contributed by atoms with Crippen molar-refractivity contribution in [1.82, 2.24) is 10.2 Å². The lowest BCUT2D eigenvalue weighted by Crippen LogP contribution is -2.45. The highest BCUT2D eigenvalue weighted by atomic mass is 16.5. The van der Waals surface area contributed by atoms with Crippen LogP contribution in [0.4, 0.5) is 0 Å². The second-order valence-electron chi connectivity index (χ2n) is 7.22. The maximum absolute atomic E-state index is 12.1. The standard InChI is InChI=1S/C17H24N2O3/c20-16(14-2-1-3-14)18-10-17-11-19(6-13-4-5-21-8-13)7-15(17)9-22-12-17/h4-5,8,14-15H,1-3,6-7,9-12H2,(H,18,20)/t15-,17+/m0/s1. The van der Waals surface area contributed by atoms with Crippen molar-refractivity contribution in [2.75, 3.05) is 32.8 Å². The first kappa shape index (κ1) is 14.3. The van der Waals surface area contributed by atoms with Crippen molar-refractivity contribution in [1.29, 1.82) is 0 Å². The highest BCUT2D eigenvalue weighted by Crippen LogP contribution is 2.41. The van der Waals surface area contributed by atoms with Crippen LogP contribution in [0.15, 0.2) is 23.0 Å². The van der Waals surface area contributed by atoms with Gasteiger partial charge >= 0.3 is 0 Å². The van der Waals surface area contributed by atoms with E-state index >= 15 is 0 Å². The molecule has 2 saturated heterocycles. The Morgan fingerprint density at radius 3 is 3.09 bits per heavy atom. The number of amides is 1. The minimum Gasteiger partial charge on any atom is -0.472 e. The molecule has 1 amide bonds. The molecule has 3 aliphatic rings. The Labute approximate surface area is 131 Å². The monoisotopic (exact) mass is 304 g/mol. The predicted octanol–water partition coefficient (Wildman–Crippen LogP) is 1.64. The van der Waals surface area contributed by atoms with Gasteiger partial charge in [-0.2, -0.15) is 0 Å². The molecule has 5 heteroatoms. The fourth-order valence-electron chi connectivity index (χ4n) is 4.03. The summed E-state index contributed by atoms with van der Waals surface area (Å²) in [5, 5.41) is 3.20. The third-order valence-corrected chi connectivity index (χ3v) is 5.67. The first-order chi connectivity index (χ1) is 10.8. The van der Waals surface area contributed by atoms with E-state index in [9.17, 15) is 4.79 Å². The van der Waals surface area contributed by atoms with E-state index in [4.69, 9.17) is 9.15 Å². The quantitative estimate of drug-likeness (QED) is 0.898. The van der Waals surface area contributed by atoms with Crippen molar-refractivity contribution in [2.24, 2.45) is 17.3 Å². The van der Waals surface area contributed by atoms with E-state index in [-0.39, 0.29) is 17.2 Å². The predicted molar refractivity (Wildman–Crippen MR) is 81.1 cm³/mol. The van der Waals surface area contributed by atoms with Crippen LogP contribution in [0.2, 0.25) is 0 Å². The van der Waals surface area contributed by atoms with Gasteiger partial charge in [-0.1, -0.05) is 6.42 Å². The average Bonchev–Trinajstić information content (AvgIpc) is 3.10. The zero-order chi connectivity index (χ0) is 15.0. The number of ether oxygens (including phenoxy) is 1. The second kappa shape index (κ2) is 5.70. The molecule has 22 heavy (non-hydrogen) atoms. The Balaban J connectivity index is 1.37. The number of nitrogens with zero attached hydrogens (tertiary/aromatic N) is 1. The third-order valence-electron chi connectivity index (χ3n) is 5.67. The van der Waals surface area contributed by atoms with E-state index in [0.29, 0.717) is 5.92 Å². The molecule has 0 radical (unpaired) electrons. The number of rotatable bonds is 5. The van der Waals surface area contributed by atoms with E-state index in [0.717, 1.165) is 52.2 Å². The molecule has 1 aliphatic carbocycles. The van der Waals surface area contributed by atoms with Gasteiger partial charge in [0, 0.05) is 49.0 Å². The molecule has 0 bridgehead atoms. The Hall–Kier alpha value is -1.33. The van der Waals surface area contributed by atoms with Gasteiger partial charge in [0.1, 0.15) is 0 Å². The fourth-order valence-corrected chi connectivity index (χ4v) is 4.03. The smallest absolute Gasteiger partial charge is 0.223 e. The molecule has 5 nitrogen and oxygen atoms in total. The second-order valence-corrected chi connectivity index (χ2v) is 7.22. The summed E-state index contributed by atoms with van der Waals surface area (Å²) in [6.07, 6.45) is 6.86. The van der Waals surface area contributed by atoms with Crippen LogP contribution in [0.1, 0.15) is 24.8 Å². The Kier molecular flexibility index (Phi) is 3.70. The molecule has 1 saturated carbocycles. The van der Waals surface area contributed by atoms with Gasteiger partial charge in [0.15, 0.2) is 0 Å². The minimum absolute atomic E-state index is 0.100. The minimum atomic E-state index is 0.100. The van der Waals surface area contributed by atoms with E-state index in [1.165, 1.54) is 12.0 Å². The molecule has 1 N–H and O–H groups in total. The number of likely N-dealkylation sites (tertiary alicyclic amines) is 1. The van der Waals surface area contributed by atoms with Crippen LogP contribution in [-0.4, -0.2) is 43.7 Å². The zero-order valence-corrected chi connectivity index (χ0v) is 12.9. The third kappa shape index (κ3) is 2.57. The van der Waals surface area contributed by atoms with Gasteiger partial charge < -0.3 is 14.5 Å². The number of hydrogen-bond acceptors (Lipinski definition) is 4. The lowest BCUT2D eigenvalue weighted by Gasteiger charge is -2.30. The topological polar surface area (TPSA) is 54.7 Å². The Morgan fingerprint density at radius 1 is 1.45 bits per heavy atom. The van der Waals surface area contributed by atoms with Gasteiger partial charge in [-0.3, -0.25) is 9.69 Å². The van der Waals surface area contributed by atoms with Gasteiger partial charge in [-0.05, 0) is 18.9 Å². The van der Waals surface area contributed by atoms with Gasteiger partial charge in [0.25, 0.3) is 0 Å². The summed E-state index contributed by atoms with van der Waals surface area (Å²) < 4.78 is 10.9. The first-order valence-corrected chi connectivity index (χ1v) is 8.34. The lowest BCUT2D eigenvalue weighted by molar-refractivity contribution is -0.127. The van der Waals surface area contributed by atoms with Gasteiger partial charge in [0.2, 0.25) is 5.91 Å². The molecule has 0 unspecified atom stereocenters. The van der Waals surface area contributed by atoms with Crippen LogP contribution in [0.25, 0.3) is 0 Å². The number of nitrogens with one attached hydrogen (secondary N) is 1. The normalized spacial score (nSPS) is 31.9. The SMILES string of the molecule is O=C(NC[C@@]12COC[C@@H]1CN(Cc1ccoc1)C2)C1CCC1. The average molecular weight is 304 g/mol. The number of hydrogen-bond donors (Lipinski definition) is 1. The fraction of sp³-hybridized carbons (Fsp3) is 0.706. The molecule has 2 aliphatic heterocycles.